The third-order valence-corrected chi connectivity index (χ3v) is 16.0. The van der Waals surface area contributed by atoms with Crippen molar-refractivity contribution in [2.45, 2.75) is 172 Å². The molecule has 2 aliphatic heterocycles. The van der Waals surface area contributed by atoms with Gasteiger partial charge in [-0.25, -0.2) is 4.18 Å². The molecule has 0 bridgehead atoms. The van der Waals surface area contributed by atoms with Gasteiger partial charge in [-0.2, -0.15) is 8.42 Å². The fraction of sp³-hybridized carbons (Fsp3) is 1.00. The zero-order valence-electron chi connectivity index (χ0n) is 33.4. The molecule has 3 unspecified atom stereocenters. The first kappa shape index (κ1) is 44.9. The van der Waals surface area contributed by atoms with Crippen molar-refractivity contribution in [3.63, 3.8) is 0 Å². The predicted molar refractivity (Wildman–Crippen MR) is 198 cm³/mol. The Labute approximate surface area is 330 Å². The maximum absolute atomic E-state index is 12.6. The molecule has 6 aliphatic rings. The van der Waals surface area contributed by atoms with Crippen molar-refractivity contribution in [2.24, 2.45) is 52.3 Å². The summed E-state index contributed by atoms with van der Waals surface area (Å²) in [6.45, 7) is 9.88. The summed E-state index contributed by atoms with van der Waals surface area (Å²) in [6, 6.07) is 0. The number of aliphatic hydroxyl groups excluding tert-OH is 7. The van der Waals surface area contributed by atoms with Crippen molar-refractivity contribution >= 4 is 10.4 Å². The molecule has 6 fully saturated rings. The molecule has 0 radical (unpaired) electrons. The summed E-state index contributed by atoms with van der Waals surface area (Å²) < 4.78 is 60.7. The van der Waals surface area contributed by atoms with E-state index >= 15 is 0 Å². The molecule has 0 aromatic rings. The van der Waals surface area contributed by atoms with E-state index in [1.165, 1.54) is 0 Å². The van der Waals surface area contributed by atoms with E-state index in [-0.39, 0.29) is 71.9 Å². The minimum Gasteiger partial charge on any atom is -0.394 e. The average molecular weight is 825 g/mol. The first-order valence-electron chi connectivity index (χ1n) is 20.8. The van der Waals surface area contributed by atoms with Crippen LogP contribution in [0.25, 0.3) is 0 Å². The van der Waals surface area contributed by atoms with Crippen LogP contribution < -0.4 is 0 Å². The Bertz CT molecular complexity index is 1440. The SMILES string of the molecule is CC(C)[C@@H](CCO[C@H]1O[C@H](CO)[C@@H](OS(=O)(=O)O)[C@@H]1O[C@@H]1OC[C@@H](O)[C@H](O)[C@H]1O)CC[C@@H](C)[C@H]1C[C@H](O)C2[C@]3(O)C[C@H](O)C4C[C@@H](O)CC[C@]4(C)C3CC[C@@]21C. The molecular formula is C39H68O16S. The lowest BCUT2D eigenvalue weighted by molar-refractivity contribution is -0.302. The number of hydrogen-bond donors (Lipinski definition) is 9. The highest BCUT2D eigenvalue weighted by molar-refractivity contribution is 7.80. The Kier molecular flexibility index (Phi) is 13.7. The van der Waals surface area contributed by atoms with E-state index in [1.54, 1.807) is 0 Å². The molecule has 17 heteroatoms. The lowest BCUT2D eigenvalue weighted by Gasteiger charge is -2.66. The van der Waals surface area contributed by atoms with Gasteiger partial charge in [-0.05, 0) is 97.7 Å². The first-order chi connectivity index (χ1) is 26.1. The zero-order valence-corrected chi connectivity index (χ0v) is 34.2. The van der Waals surface area contributed by atoms with Crippen LogP contribution in [0.15, 0.2) is 0 Å². The Hall–Kier alpha value is -0.610. The van der Waals surface area contributed by atoms with Gasteiger partial charge in [0.05, 0.1) is 43.7 Å². The van der Waals surface area contributed by atoms with Gasteiger partial charge < -0.3 is 59.8 Å². The maximum atomic E-state index is 12.6. The molecule has 56 heavy (non-hydrogen) atoms. The largest absolute Gasteiger partial charge is 0.397 e. The van der Waals surface area contributed by atoms with Gasteiger partial charge in [-0.3, -0.25) is 4.55 Å². The molecular weight excluding hydrogens is 756 g/mol. The highest BCUT2D eigenvalue weighted by Gasteiger charge is 2.70. The fourth-order valence-electron chi connectivity index (χ4n) is 12.7. The van der Waals surface area contributed by atoms with Crippen LogP contribution in [0.2, 0.25) is 0 Å². The molecule has 0 aromatic heterocycles. The lowest BCUT2D eigenvalue weighted by atomic mass is 9.42. The maximum Gasteiger partial charge on any atom is 0.397 e. The molecule has 0 spiro atoms. The highest BCUT2D eigenvalue weighted by atomic mass is 32.3. The molecule has 2 saturated heterocycles. The van der Waals surface area contributed by atoms with Gasteiger partial charge >= 0.3 is 10.4 Å². The van der Waals surface area contributed by atoms with Crippen LogP contribution >= 0.6 is 0 Å². The Morgan fingerprint density at radius 1 is 0.839 bits per heavy atom. The van der Waals surface area contributed by atoms with E-state index in [9.17, 15) is 53.8 Å². The van der Waals surface area contributed by atoms with E-state index in [1.807, 2.05) is 0 Å². The quantitative estimate of drug-likeness (QED) is 0.110. The van der Waals surface area contributed by atoms with Crippen LogP contribution in [0.4, 0.5) is 0 Å². The van der Waals surface area contributed by atoms with Crippen molar-refractivity contribution in [1.29, 1.82) is 0 Å². The van der Waals surface area contributed by atoms with E-state index < -0.39 is 90.1 Å². The summed E-state index contributed by atoms with van der Waals surface area (Å²) in [5.41, 5.74) is -1.82. The molecule has 2 heterocycles. The van der Waals surface area contributed by atoms with E-state index in [0.29, 0.717) is 25.7 Å². The molecule has 16 nitrogen and oxygen atoms in total. The fourth-order valence-corrected chi connectivity index (χ4v) is 13.2. The Balaban J connectivity index is 1.09. The molecule has 326 valence electrons. The van der Waals surface area contributed by atoms with Crippen LogP contribution in [0, 0.1) is 52.3 Å². The van der Waals surface area contributed by atoms with Gasteiger partial charge in [-0.1, -0.05) is 41.0 Å². The number of hydrogen-bond acceptors (Lipinski definition) is 15. The van der Waals surface area contributed by atoms with Gasteiger partial charge in [0.1, 0.15) is 36.6 Å². The molecule has 20 atom stereocenters. The standard InChI is InChI=1S/C39H68O16S/c1-19(2)21(10-13-51-36-33(32(28(17-40)53-36)55-56(48,49)50)54-35-31(46)30(45)27(44)18-52-35)7-6-20(3)23-15-25(42)34-38(23,5)12-9-29-37(4)11-8-22(41)14-24(37)26(43)16-39(29,34)47/h19-36,40-47H,6-18H2,1-5H3,(H,48,49,50)/t20-,21-,22+,23-,24?,25+,26+,27-,28-,29?,30+,31-,32-,33+,34?,35+,36+,37+,38-,39+/m1/s1. The van der Waals surface area contributed by atoms with Crippen LogP contribution in [-0.4, -0.2) is 147 Å². The molecule has 0 amide bonds. The van der Waals surface area contributed by atoms with Crippen molar-refractivity contribution in [2.75, 3.05) is 19.8 Å². The topological polar surface area (TPSA) is 262 Å². The molecule has 0 aromatic carbocycles. The van der Waals surface area contributed by atoms with Crippen molar-refractivity contribution < 1.29 is 77.0 Å². The molecule has 4 saturated carbocycles. The van der Waals surface area contributed by atoms with Crippen LogP contribution in [-0.2, 0) is 33.5 Å². The number of rotatable bonds is 14. The smallest absolute Gasteiger partial charge is 0.394 e. The second-order valence-electron chi connectivity index (χ2n) is 19.1. The predicted octanol–water partition coefficient (Wildman–Crippen LogP) is 0.887. The average Bonchev–Trinajstić information content (AvgIpc) is 3.58. The third kappa shape index (κ3) is 8.49. The molecule has 6 rings (SSSR count). The highest BCUT2D eigenvalue weighted by Crippen LogP contribution is 2.70. The van der Waals surface area contributed by atoms with Crippen molar-refractivity contribution in [3.8, 4) is 0 Å². The van der Waals surface area contributed by atoms with E-state index in [2.05, 4.69) is 34.6 Å². The normalized spacial score (nSPS) is 49.3. The monoisotopic (exact) mass is 824 g/mol. The summed E-state index contributed by atoms with van der Waals surface area (Å²) in [6.07, 6.45) is -7.10. The van der Waals surface area contributed by atoms with Gasteiger partial charge in [0.2, 0.25) is 0 Å². The molecule has 9 N–H and O–H groups in total. The van der Waals surface area contributed by atoms with E-state index in [0.717, 1.165) is 32.1 Å². The van der Waals surface area contributed by atoms with Crippen molar-refractivity contribution in [3.05, 3.63) is 0 Å². The Morgan fingerprint density at radius 3 is 2.20 bits per heavy atom. The van der Waals surface area contributed by atoms with Gasteiger partial charge in [0.15, 0.2) is 12.6 Å². The summed E-state index contributed by atoms with van der Waals surface area (Å²) >= 11 is 0. The van der Waals surface area contributed by atoms with Gasteiger partial charge in [-0.15, -0.1) is 0 Å². The summed E-state index contributed by atoms with van der Waals surface area (Å²) in [7, 11) is -5.05. The van der Waals surface area contributed by atoms with Crippen LogP contribution in [0.1, 0.15) is 98.8 Å². The van der Waals surface area contributed by atoms with E-state index in [4.69, 9.17) is 23.1 Å². The molecule has 4 aliphatic carbocycles. The first-order valence-corrected chi connectivity index (χ1v) is 22.1. The second kappa shape index (κ2) is 17.0. The minimum absolute atomic E-state index is 0.0564. The zero-order chi connectivity index (χ0) is 41.1. The lowest BCUT2D eigenvalue weighted by Crippen LogP contribution is -2.68. The Morgan fingerprint density at radius 2 is 1.54 bits per heavy atom. The number of fused-ring (bicyclic) bond motifs is 5. The van der Waals surface area contributed by atoms with Crippen molar-refractivity contribution in [1.82, 2.24) is 0 Å². The second-order valence-corrected chi connectivity index (χ2v) is 20.1. The van der Waals surface area contributed by atoms with Gasteiger partial charge in [0, 0.05) is 12.3 Å². The third-order valence-electron chi connectivity index (χ3n) is 15.6. The minimum atomic E-state index is -5.05. The van der Waals surface area contributed by atoms with Crippen LogP contribution in [0.5, 0.6) is 0 Å². The summed E-state index contributed by atoms with van der Waals surface area (Å²) in [5, 5.41) is 86.7. The number of aliphatic hydroxyl groups is 8. The summed E-state index contributed by atoms with van der Waals surface area (Å²) in [5.74, 6) is 0.319. The van der Waals surface area contributed by atoms with Crippen LogP contribution in [0.3, 0.4) is 0 Å². The number of ether oxygens (including phenoxy) is 4. The summed E-state index contributed by atoms with van der Waals surface area (Å²) in [4.78, 5) is 0. The van der Waals surface area contributed by atoms with Gasteiger partial charge in [0.25, 0.3) is 0 Å².